The fourth-order valence-corrected chi connectivity index (χ4v) is 3.26. The number of H-pyrrole nitrogens is 1. The molecule has 4 heteroatoms. The van der Waals surface area contributed by atoms with Gasteiger partial charge in [-0.1, -0.05) is 40.5 Å². The predicted molar refractivity (Wildman–Crippen MR) is 84.4 cm³/mol. The minimum Gasteiger partial charge on any atom is -0.389 e. The molecule has 0 spiro atoms. The highest BCUT2D eigenvalue weighted by Crippen LogP contribution is 2.43. The van der Waals surface area contributed by atoms with Crippen molar-refractivity contribution in [3.8, 4) is 0 Å². The molecule has 1 saturated carbocycles. The summed E-state index contributed by atoms with van der Waals surface area (Å²) in [6.07, 6.45) is 5.61. The van der Waals surface area contributed by atoms with Gasteiger partial charge in [0.05, 0.1) is 11.2 Å². The van der Waals surface area contributed by atoms with Crippen LogP contribution < -0.4 is 5.32 Å². The molecule has 1 aliphatic rings. The molecular weight excluding hydrogens is 264 g/mol. The van der Waals surface area contributed by atoms with E-state index in [1.165, 1.54) is 0 Å². The third-order valence-electron chi connectivity index (χ3n) is 4.98. The number of rotatable bonds is 5. The number of hydrogen-bond acceptors (Lipinski definition) is 2. The van der Waals surface area contributed by atoms with E-state index in [0.29, 0.717) is 12.1 Å². The molecule has 1 aromatic rings. The highest BCUT2D eigenvalue weighted by molar-refractivity contribution is 5.95. The number of aromatic nitrogens is 1. The number of aliphatic hydroxyl groups is 1. The highest BCUT2D eigenvalue weighted by atomic mass is 16.3. The third-order valence-corrected chi connectivity index (χ3v) is 4.98. The Hall–Kier alpha value is -1.29. The maximum absolute atomic E-state index is 12.4. The second kappa shape index (κ2) is 5.84. The molecule has 21 heavy (non-hydrogen) atoms. The van der Waals surface area contributed by atoms with Gasteiger partial charge in [-0.25, -0.2) is 0 Å². The summed E-state index contributed by atoms with van der Waals surface area (Å²) in [7, 11) is 0. The third kappa shape index (κ3) is 3.15. The van der Waals surface area contributed by atoms with Gasteiger partial charge in [-0.05, 0) is 24.8 Å². The maximum Gasteiger partial charge on any atom is 0.253 e. The van der Waals surface area contributed by atoms with Crippen LogP contribution in [0.5, 0.6) is 0 Å². The van der Waals surface area contributed by atoms with E-state index in [-0.39, 0.29) is 17.2 Å². The highest BCUT2D eigenvalue weighted by Gasteiger charge is 2.45. The quantitative estimate of drug-likeness (QED) is 0.780. The topological polar surface area (TPSA) is 65.1 Å². The summed E-state index contributed by atoms with van der Waals surface area (Å²) in [6, 6.07) is 1.82. The number of nitrogens with one attached hydrogen (secondary N) is 2. The fraction of sp³-hybridized carbons (Fsp3) is 0.706. The van der Waals surface area contributed by atoms with Gasteiger partial charge < -0.3 is 15.4 Å². The predicted octanol–water partition coefficient (Wildman–Crippen LogP) is 3.20. The molecule has 0 aromatic carbocycles. The number of amides is 1. The summed E-state index contributed by atoms with van der Waals surface area (Å²) in [5.74, 6) is 0.224. The van der Waals surface area contributed by atoms with Gasteiger partial charge in [0.2, 0.25) is 0 Å². The molecule has 0 aliphatic heterocycles. The number of carbonyl (C=O) groups excluding carboxylic acids is 1. The largest absolute Gasteiger partial charge is 0.389 e. The Morgan fingerprint density at radius 3 is 2.62 bits per heavy atom. The smallest absolute Gasteiger partial charge is 0.253 e. The van der Waals surface area contributed by atoms with E-state index >= 15 is 0 Å². The van der Waals surface area contributed by atoms with E-state index in [1.54, 1.807) is 6.20 Å². The Morgan fingerprint density at radius 2 is 2.05 bits per heavy atom. The molecule has 0 saturated heterocycles. The van der Waals surface area contributed by atoms with Crippen LogP contribution in [0.15, 0.2) is 12.3 Å². The lowest BCUT2D eigenvalue weighted by Crippen LogP contribution is -2.49. The average molecular weight is 292 g/mol. The zero-order valence-electron chi connectivity index (χ0n) is 13.6. The van der Waals surface area contributed by atoms with Crippen LogP contribution >= 0.6 is 0 Å². The first-order chi connectivity index (χ1) is 9.77. The Kier molecular flexibility index (Phi) is 4.47. The fourth-order valence-electron chi connectivity index (χ4n) is 3.26. The lowest BCUT2D eigenvalue weighted by Gasteiger charge is -2.40. The van der Waals surface area contributed by atoms with Crippen LogP contribution in [0.1, 0.15) is 75.3 Å². The molecule has 1 amide bonds. The molecular formula is C17H28N2O2. The van der Waals surface area contributed by atoms with Crippen LogP contribution in [0, 0.1) is 5.41 Å². The molecule has 0 radical (unpaired) electrons. The van der Waals surface area contributed by atoms with Crippen molar-refractivity contribution in [1.82, 2.24) is 10.3 Å². The molecule has 0 atom stereocenters. The second-order valence-corrected chi connectivity index (χ2v) is 7.26. The van der Waals surface area contributed by atoms with Gasteiger partial charge in [0.1, 0.15) is 0 Å². The monoisotopic (exact) mass is 292 g/mol. The van der Waals surface area contributed by atoms with Gasteiger partial charge in [0.25, 0.3) is 5.91 Å². The van der Waals surface area contributed by atoms with Crippen LogP contribution in [-0.4, -0.2) is 28.1 Å². The van der Waals surface area contributed by atoms with Gasteiger partial charge in [-0.2, -0.15) is 0 Å². The zero-order chi connectivity index (χ0) is 15.7. The summed E-state index contributed by atoms with van der Waals surface area (Å²) < 4.78 is 0. The van der Waals surface area contributed by atoms with E-state index in [1.807, 2.05) is 19.9 Å². The maximum atomic E-state index is 12.4. The van der Waals surface area contributed by atoms with Gasteiger partial charge in [0, 0.05) is 23.9 Å². The van der Waals surface area contributed by atoms with Crippen molar-refractivity contribution in [1.29, 1.82) is 0 Å². The molecule has 1 aliphatic carbocycles. The molecule has 0 bridgehead atoms. The number of hydrogen-bond donors (Lipinski definition) is 3. The van der Waals surface area contributed by atoms with Gasteiger partial charge in [0.15, 0.2) is 0 Å². The molecule has 118 valence electrons. The lowest BCUT2D eigenvalue weighted by atomic mass is 9.73. The first kappa shape index (κ1) is 16.1. The molecule has 1 fully saturated rings. The Labute approximate surface area is 127 Å². The SMILES string of the molecule is CC(C)c1[nH]ccc1C(=O)NCC(C)(C)C1(O)CCCC1. The average Bonchev–Trinajstić information content (AvgIpc) is 3.05. The summed E-state index contributed by atoms with van der Waals surface area (Å²) in [5.41, 5.74) is 0.705. The van der Waals surface area contributed by atoms with Gasteiger partial charge in [-0.3, -0.25) is 4.79 Å². The molecule has 3 N–H and O–H groups in total. The summed E-state index contributed by atoms with van der Waals surface area (Å²) in [6.45, 7) is 8.70. The summed E-state index contributed by atoms with van der Waals surface area (Å²) >= 11 is 0. The minimum atomic E-state index is -0.653. The van der Waals surface area contributed by atoms with Crippen molar-refractivity contribution in [2.45, 2.75) is 64.9 Å². The van der Waals surface area contributed by atoms with E-state index in [2.05, 4.69) is 24.1 Å². The first-order valence-corrected chi connectivity index (χ1v) is 7.95. The zero-order valence-corrected chi connectivity index (χ0v) is 13.6. The molecule has 1 heterocycles. The molecule has 4 nitrogen and oxygen atoms in total. The van der Waals surface area contributed by atoms with Crippen molar-refractivity contribution >= 4 is 5.91 Å². The molecule has 2 rings (SSSR count). The van der Waals surface area contributed by atoms with E-state index < -0.39 is 5.60 Å². The lowest BCUT2D eigenvalue weighted by molar-refractivity contribution is -0.0590. The van der Waals surface area contributed by atoms with E-state index in [0.717, 1.165) is 31.4 Å². The Balaban J connectivity index is 2.02. The number of aromatic amines is 1. The Morgan fingerprint density at radius 1 is 1.43 bits per heavy atom. The van der Waals surface area contributed by atoms with Crippen LogP contribution in [0.25, 0.3) is 0 Å². The van der Waals surface area contributed by atoms with Gasteiger partial charge in [-0.15, -0.1) is 0 Å². The Bertz CT molecular complexity index is 497. The second-order valence-electron chi connectivity index (χ2n) is 7.26. The van der Waals surface area contributed by atoms with Crippen LogP contribution in [0.3, 0.4) is 0 Å². The number of carbonyl (C=O) groups is 1. The van der Waals surface area contributed by atoms with Crippen LogP contribution in [0.2, 0.25) is 0 Å². The normalized spacial score (nSPS) is 18.2. The first-order valence-electron chi connectivity index (χ1n) is 7.95. The van der Waals surface area contributed by atoms with Crippen molar-refractivity contribution in [2.24, 2.45) is 5.41 Å². The van der Waals surface area contributed by atoms with Crippen LogP contribution in [0.4, 0.5) is 0 Å². The van der Waals surface area contributed by atoms with Gasteiger partial charge >= 0.3 is 0 Å². The summed E-state index contributed by atoms with van der Waals surface area (Å²) in [5, 5.41) is 13.8. The molecule has 1 aromatic heterocycles. The summed E-state index contributed by atoms with van der Waals surface area (Å²) in [4.78, 5) is 15.5. The van der Waals surface area contributed by atoms with Crippen LogP contribution in [-0.2, 0) is 0 Å². The van der Waals surface area contributed by atoms with Crippen molar-refractivity contribution in [3.05, 3.63) is 23.5 Å². The minimum absolute atomic E-state index is 0.0605. The van der Waals surface area contributed by atoms with E-state index in [4.69, 9.17) is 0 Å². The molecule has 0 unspecified atom stereocenters. The standard InChI is InChI=1S/C17H28N2O2/c1-12(2)14-13(7-10-18-14)15(20)19-11-16(3,4)17(21)8-5-6-9-17/h7,10,12,18,21H,5-6,8-9,11H2,1-4H3,(H,19,20). The van der Waals surface area contributed by atoms with Crippen molar-refractivity contribution in [3.63, 3.8) is 0 Å². The van der Waals surface area contributed by atoms with Crippen molar-refractivity contribution in [2.75, 3.05) is 6.54 Å². The van der Waals surface area contributed by atoms with Crippen molar-refractivity contribution < 1.29 is 9.90 Å². The van der Waals surface area contributed by atoms with E-state index in [9.17, 15) is 9.90 Å².